The minimum Gasteiger partial charge on any atom is -0.396 e. The fourth-order valence-electron chi connectivity index (χ4n) is 5.68. The Morgan fingerprint density at radius 2 is 1.98 bits per heavy atom. The third-order valence-corrected chi connectivity index (χ3v) is 9.12. The number of nitrogens with one attached hydrogen (secondary N) is 4. The van der Waals surface area contributed by atoms with Gasteiger partial charge in [-0.05, 0) is 81.4 Å². The van der Waals surface area contributed by atoms with E-state index in [1.807, 2.05) is 13.8 Å². The Hall–Kier alpha value is -4.21. The van der Waals surface area contributed by atoms with E-state index in [2.05, 4.69) is 30.6 Å². The standard InChI is InChI=1S/C33H47FN7O8P/c1-20-24(21(2)38-29(20)17-26-25-16-23(34)10-12-27(25)40-31(26)44)11-13-30(43)39-28(9-7-15-41(4)33(35)36-3)32(45)37-14-6-5-8-22(18-42)19-48-50(47)49-46/h10,12,16-17,22,28,38,42H,5-9,11,13-15,18-19H2,1-4H3,(H5-,35,36,37,39,40,43,44,45,46)/p+1/b26-17-/t22?,28-/m0/s1. The van der Waals surface area contributed by atoms with Crippen LogP contribution in [0.2, 0.25) is 0 Å². The monoisotopic (exact) mass is 720 g/mol. The molecule has 2 aromatic rings. The average Bonchev–Trinajstić information content (AvgIpc) is 3.55. The number of aromatic nitrogens is 1. The minimum absolute atomic E-state index is 0.0534. The number of fused-ring (bicyclic) bond motifs is 1. The van der Waals surface area contributed by atoms with E-state index >= 15 is 0 Å². The number of aliphatic hydroxyl groups is 1. The number of aromatic amines is 1. The molecule has 1 aromatic heterocycles. The van der Waals surface area contributed by atoms with Gasteiger partial charge in [0.2, 0.25) is 11.8 Å². The Morgan fingerprint density at radius 3 is 2.68 bits per heavy atom. The summed E-state index contributed by atoms with van der Waals surface area (Å²) in [5.41, 5.74) is 10.5. The molecule has 1 aromatic carbocycles. The topological polar surface area (TPSA) is 221 Å². The summed E-state index contributed by atoms with van der Waals surface area (Å²) in [5, 5.41) is 26.4. The number of benzene rings is 1. The molecule has 0 fully saturated rings. The van der Waals surface area contributed by atoms with Gasteiger partial charge in [0.15, 0.2) is 5.96 Å². The summed E-state index contributed by atoms with van der Waals surface area (Å²) in [6, 6.07) is 3.34. The van der Waals surface area contributed by atoms with Gasteiger partial charge in [-0.1, -0.05) is 6.42 Å². The first kappa shape index (κ1) is 40.2. The van der Waals surface area contributed by atoms with Crippen LogP contribution in [-0.2, 0) is 34.6 Å². The van der Waals surface area contributed by atoms with Gasteiger partial charge < -0.3 is 36.7 Å². The normalized spacial score (nSPS) is 15.0. The van der Waals surface area contributed by atoms with Crippen LogP contribution in [0.5, 0.6) is 0 Å². The van der Waals surface area contributed by atoms with E-state index in [0.29, 0.717) is 80.1 Å². The fraction of sp³-hybridized carbons (Fsp3) is 0.515. The molecule has 3 amide bonds. The molecule has 0 aliphatic carbocycles. The molecule has 1 aliphatic heterocycles. The number of nitrogens with two attached hydrogens (primary N) is 1. The maximum absolute atomic E-state index is 13.9. The third-order valence-electron chi connectivity index (χ3n) is 8.62. The SMILES string of the molecule is CN=C(N)N(C)CCC[C@H](NC(=O)CCc1c(C)[nH]c(/C=C2\C(=O)Nc3ccc(F)cc32)c1C)C(=O)NCCCCC(CO)CO[P+](=O)OO. The molecule has 15 nitrogen and oxygen atoms in total. The van der Waals surface area contributed by atoms with Crippen LogP contribution in [0, 0.1) is 25.6 Å². The van der Waals surface area contributed by atoms with Gasteiger partial charge in [0, 0.05) is 73.3 Å². The molecule has 0 bridgehead atoms. The fourth-order valence-corrected chi connectivity index (χ4v) is 6.06. The number of halogens is 1. The summed E-state index contributed by atoms with van der Waals surface area (Å²) < 4.78 is 33.4. The summed E-state index contributed by atoms with van der Waals surface area (Å²) in [6.45, 7) is 4.37. The smallest absolute Gasteiger partial charge is 0.396 e. The highest BCUT2D eigenvalue weighted by Crippen LogP contribution is 2.34. The molecule has 0 saturated carbocycles. The van der Waals surface area contributed by atoms with Crippen LogP contribution in [-0.4, -0.2) is 90.4 Å². The van der Waals surface area contributed by atoms with Gasteiger partial charge in [0.1, 0.15) is 18.5 Å². The first-order chi connectivity index (χ1) is 23.9. The number of guanidine groups is 1. The van der Waals surface area contributed by atoms with Crippen LogP contribution < -0.4 is 21.7 Å². The zero-order chi connectivity index (χ0) is 36.8. The third kappa shape index (κ3) is 11.7. The Kier molecular flexibility index (Phi) is 16.0. The minimum atomic E-state index is -2.65. The van der Waals surface area contributed by atoms with E-state index in [1.165, 1.54) is 18.2 Å². The lowest BCUT2D eigenvalue weighted by molar-refractivity contribution is -0.142. The van der Waals surface area contributed by atoms with Crippen molar-refractivity contribution in [1.82, 2.24) is 20.5 Å². The molecule has 0 saturated heterocycles. The summed E-state index contributed by atoms with van der Waals surface area (Å²) in [7, 11) is 0.726. The molecule has 0 radical (unpaired) electrons. The van der Waals surface area contributed by atoms with Crippen molar-refractivity contribution >= 4 is 49.3 Å². The van der Waals surface area contributed by atoms with Crippen molar-refractivity contribution in [2.24, 2.45) is 16.6 Å². The second-order valence-electron chi connectivity index (χ2n) is 12.2. The average molecular weight is 721 g/mol. The Bertz CT molecular complexity index is 1580. The van der Waals surface area contributed by atoms with Crippen LogP contribution in [0.25, 0.3) is 11.6 Å². The van der Waals surface area contributed by atoms with Crippen LogP contribution in [0.1, 0.15) is 66.6 Å². The van der Waals surface area contributed by atoms with Gasteiger partial charge in [-0.15, -0.1) is 4.52 Å². The number of hydrogen-bond donors (Lipinski definition) is 7. The lowest BCUT2D eigenvalue weighted by Gasteiger charge is -2.21. The van der Waals surface area contributed by atoms with E-state index < -0.39 is 20.1 Å². The number of aryl methyl sites for hydroxylation is 1. The van der Waals surface area contributed by atoms with Gasteiger partial charge >= 0.3 is 8.25 Å². The Labute approximate surface area is 291 Å². The highest BCUT2D eigenvalue weighted by atomic mass is 31.1. The largest absolute Gasteiger partial charge is 0.728 e. The number of H-pyrrole nitrogens is 1. The lowest BCUT2D eigenvalue weighted by Crippen LogP contribution is -2.47. The molecule has 2 heterocycles. The van der Waals surface area contributed by atoms with Crippen LogP contribution >= 0.6 is 8.25 Å². The van der Waals surface area contributed by atoms with Crippen molar-refractivity contribution < 1.29 is 42.9 Å². The van der Waals surface area contributed by atoms with E-state index in [-0.39, 0.29) is 43.3 Å². The molecule has 2 unspecified atom stereocenters. The molecule has 0 spiro atoms. The van der Waals surface area contributed by atoms with Gasteiger partial charge in [-0.25, -0.2) is 9.65 Å². The summed E-state index contributed by atoms with van der Waals surface area (Å²) in [5.74, 6) is -1.36. The molecule has 17 heteroatoms. The summed E-state index contributed by atoms with van der Waals surface area (Å²) >= 11 is 0. The van der Waals surface area contributed by atoms with Gasteiger partial charge in [0.05, 0.1) is 10.2 Å². The van der Waals surface area contributed by atoms with Gasteiger partial charge in [0.25, 0.3) is 5.91 Å². The summed E-state index contributed by atoms with van der Waals surface area (Å²) in [4.78, 5) is 48.0. The number of amides is 3. The number of unbranched alkanes of at least 4 members (excludes halogenated alkanes) is 1. The van der Waals surface area contributed by atoms with Crippen molar-refractivity contribution in [3.8, 4) is 0 Å². The van der Waals surface area contributed by atoms with E-state index in [4.69, 9.17) is 15.5 Å². The number of nitrogens with zero attached hydrogens (tertiary/aromatic N) is 2. The zero-order valence-electron chi connectivity index (χ0n) is 28.9. The Balaban J connectivity index is 1.59. The van der Waals surface area contributed by atoms with Crippen molar-refractivity contribution in [2.45, 2.75) is 64.8 Å². The van der Waals surface area contributed by atoms with Gasteiger partial charge in [-0.2, -0.15) is 0 Å². The number of carbonyl (C=O) groups excluding carboxylic acids is 3. The van der Waals surface area contributed by atoms with Crippen molar-refractivity contribution in [3.05, 3.63) is 52.1 Å². The second-order valence-corrected chi connectivity index (χ2v) is 13.0. The van der Waals surface area contributed by atoms with Gasteiger partial charge in [-0.3, -0.25) is 19.4 Å². The van der Waals surface area contributed by atoms with Crippen LogP contribution in [0.3, 0.4) is 0 Å². The number of rotatable bonds is 20. The van der Waals surface area contributed by atoms with Crippen LogP contribution in [0.4, 0.5) is 10.1 Å². The zero-order valence-corrected chi connectivity index (χ0v) is 29.8. The molecule has 274 valence electrons. The molecule has 50 heavy (non-hydrogen) atoms. The number of hydrogen-bond acceptors (Lipinski definition) is 9. The van der Waals surface area contributed by atoms with Crippen molar-refractivity contribution in [1.29, 1.82) is 0 Å². The first-order valence-electron chi connectivity index (χ1n) is 16.4. The predicted molar refractivity (Wildman–Crippen MR) is 188 cm³/mol. The van der Waals surface area contributed by atoms with E-state index in [9.17, 15) is 28.4 Å². The molecular formula is C33H48FN7O8P+. The highest BCUT2D eigenvalue weighted by molar-refractivity contribution is 7.33. The lowest BCUT2D eigenvalue weighted by atomic mass is 10.0. The maximum atomic E-state index is 13.9. The number of aliphatic hydroxyl groups excluding tert-OH is 1. The van der Waals surface area contributed by atoms with Crippen molar-refractivity contribution in [3.63, 3.8) is 0 Å². The highest BCUT2D eigenvalue weighted by Gasteiger charge is 2.26. The van der Waals surface area contributed by atoms with Crippen LogP contribution in [0.15, 0.2) is 23.2 Å². The van der Waals surface area contributed by atoms with Crippen molar-refractivity contribution in [2.75, 3.05) is 45.7 Å². The number of anilines is 1. The molecule has 8 N–H and O–H groups in total. The second kappa shape index (κ2) is 19.8. The molecule has 3 rings (SSSR count). The first-order valence-corrected chi connectivity index (χ1v) is 17.5. The quantitative estimate of drug-likeness (QED) is 0.0201. The van der Waals surface area contributed by atoms with E-state index in [0.717, 1.165) is 16.8 Å². The summed E-state index contributed by atoms with van der Waals surface area (Å²) in [6.07, 6.45) is 4.85. The predicted octanol–water partition coefficient (Wildman–Crippen LogP) is 3.40. The molecule has 1 aliphatic rings. The number of aliphatic imine (C=N–C) groups is 1. The molecular weight excluding hydrogens is 672 g/mol. The van der Waals surface area contributed by atoms with E-state index in [1.54, 1.807) is 25.1 Å². The number of carbonyl (C=O) groups is 3. The maximum Gasteiger partial charge on any atom is 0.728 e. The molecule has 3 atom stereocenters. The Morgan fingerprint density at radius 1 is 1.22 bits per heavy atom.